The molecule has 0 amide bonds. The Morgan fingerprint density at radius 1 is 1.14 bits per heavy atom. The van der Waals surface area contributed by atoms with E-state index in [2.05, 4.69) is 59.4 Å². The standard InChI is InChI=1S/C24H28N4/c1-16-22(19-9-17(3-4-20(19)27-16)11-23(2)6-7-23)18-5-8-26-21(10-18)28-14-24(15-28)12-25-13-24/h3-5,8-10,16,25H,6-7,11-15H2,1-2H3. The molecule has 3 aliphatic heterocycles. The van der Waals surface area contributed by atoms with Gasteiger partial charge >= 0.3 is 0 Å². The minimum atomic E-state index is 0.204. The van der Waals surface area contributed by atoms with Crippen LogP contribution >= 0.6 is 0 Å². The highest BCUT2D eigenvalue weighted by Gasteiger charge is 2.48. The van der Waals surface area contributed by atoms with E-state index in [-0.39, 0.29) is 6.04 Å². The van der Waals surface area contributed by atoms with Crippen LogP contribution in [-0.2, 0) is 6.42 Å². The van der Waals surface area contributed by atoms with Gasteiger partial charge in [-0.15, -0.1) is 0 Å². The molecule has 6 rings (SSSR count). The molecule has 28 heavy (non-hydrogen) atoms. The van der Waals surface area contributed by atoms with E-state index in [1.54, 1.807) is 0 Å². The number of fused-ring (bicyclic) bond motifs is 1. The highest BCUT2D eigenvalue weighted by Crippen LogP contribution is 2.47. The third kappa shape index (κ3) is 2.61. The van der Waals surface area contributed by atoms with E-state index < -0.39 is 0 Å². The summed E-state index contributed by atoms with van der Waals surface area (Å²) in [6, 6.07) is 11.6. The summed E-state index contributed by atoms with van der Waals surface area (Å²) in [5.41, 5.74) is 5.14. The highest BCUT2D eigenvalue weighted by atomic mass is 15.3. The minimum Gasteiger partial charge on any atom is -0.355 e. The van der Waals surface area contributed by atoms with Crippen molar-refractivity contribution in [2.75, 3.05) is 31.1 Å². The molecule has 1 saturated carbocycles. The second kappa shape index (κ2) is 5.66. The van der Waals surface area contributed by atoms with Crippen LogP contribution in [0.1, 0.15) is 37.8 Å². The molecule has 0 bridgehead atoms. The molecule has 2 saturated heterocycles. The van der Waals surface area contributed by atoms with Crippen molar-refractivity contribution in [3.05, 3.63) is 58.2 Å². The van der Waals surface area contributed by atoms with E-state index in [1.807, 2.05) is 6.20 Å². The Labute approximate surface area is 166 Å². The average Bonchev–Trinajstić information content (AvgIpc) is 3.22. The van der Waals surface area contributed by atoms with Crippen LogP contribution in [0.2, 0.25) is 0 Å². The zero-order valence-corrected chi connectivity index (χ0v) is 16.8. The minimum absolute atomic E-state index is 0.204. The summed E-state index contributed by atoms with van der Waals surface area (Å²) < 4.78 is 0. The fraction of sp³-hybridized carbons (Fsp3) is 0.500. The SMILES string of the molecule is CC1N=c2ccc(CC3(C)CC3)cc2=C1c1ccnc(N2CC3(CNC3)C2)c1. The molecule has 1 aromatic heterocycles. The molecule has 1 atom stereocenters. The molecular formula is C24H28N4. The van der Waals surface area contributed by atoms with Crippen molar-refractivity contribution < 1.29 is 0 Å². The van der Waals surface area contributed by atoms with Gasteiger partial charge in [0.05, 0.1) is 11.4 Å². The van der Waals surface area contributed by atoms with Crippen LogP contribution in [-0.4, -0.2) is 37.2 Å². The first-order chi connectivity index (χ1) is 13.5. The van der Waals surface area contributed by atoms with Crippen LogP contribution in [0.4, 0.5) is 5.82 Å². The number of anilines is 1. The molecule has 2 aromatic rings. The van der Waals surface area contributed by atoms with Gasteiger partial charge in [0.2, 0.25) is 0 Å². The second-order valence-electron chi connectivity index (χ2n) is 9.92. The van der Waals surface area contributed by atoms with Gasteiger partial charge in [-0.2, -0.15) is 0 Å². The lowest BCUT2D eigenvalue weighted by atomic mass is 9.74. The normalized spacial score (nSPS) is 25.7. The van der Waals surface area contributed by atoms with Gasteiger partial charge in [0.1, 0.15) is 5.82 Å². The predicted molar refractivity (Wildman–Crippen MR) is 112 cm³/mol. The highest BCUT2D eigenvalue weighted by molar-refractivity contribution is 5.72. The van der Waals surface area contributed by atoms with Crippen molar-refractivity contribution in [1.82, 2.24) is 10.3 Å². The monoisotopic (exact) mass is 372 g/mol. The molecule has 4 heterocycles. The quantitative estimate of drug-likeness (QED) is 0.893. The van der Waals surface area contributed by atoms with Gasteiger partial charge in [-0.3, -0.25) is 4.99 Å². The Hall–Kier alpha value is -2.20. The number of pyridine rings is 1. The Morgan fingerprint density at radius 3 is 2.68 bits per heavy atom. The van der Waals surface area contributed by atoms with E-state index in [1.165, 1.54) is 41.2 Å². The largest absolute Gasteiger partial charge is 0.355 e. The molecule has 4 nitrogen and oxygen atoms in total. The summed E-state index contributed by atoms with van der Waals surface area (Å²) in [5.74, 6) is 1.12. The van der Waals surface area contributed by atoms with Crippen molar-refractivity contribution >= 4 is 11.4 Å². The fourth-order valence-electron chi connectivity index (χ4n) is 5.19. The molecule has 1 N–H and O–H groups in total. The summed E-state index contributed by atoms with van der Waals surface area (Å²) in [7, 11) is 0. The van der Waals surface area contributed by atoms with Crippen molar-refractivity contribution in [1.29, 1.82) is 0 Å². The van der Waals surface area contributed by atoms with Crippen molar-refractivity contribution in [3.8, 4) is 0 Å². The Balaban J connectivity index is 1.37. The average molecular weight is 373 g/mol. The number of rotatable bonds is 4. The predicted octanol–water partition coefficient (Wildman–Crippen LogP) is 2.05. The van der Waals surface area contributed by atoms with Gasteiger partial charge < -0.3 is 10.2 Å². The molecule has 4 aliphatic rings. The summed E-state index contributed by atoms with van der Waals surface area (Å²) >= 11 is 0. The Morgan fingerprint density at radius 2 is 1.96 bits per heavy atom. The maximum Gasteiger partial charge on any atom is 0.129 e. The molecule has 3 fully saturated rings. The topological polar surface area (TPSA) is 40.5 Å². The van der Waals surface area contributed by atoms with Gasteiger partial charge in [0.25, 0.3) is 0 Å². The first-order valence-electron chi connectivity index (χ1n) is 10.7. The van der Waals surface area contributed by atoms with Crippen LogP contribution in [0.5, 0.6) is 0 Å². The summed E-state index contributed by atoms with van der Waals surface area (Å²) in [6.07, 6.45) is 5.89. The second-order valence-corrected chi connectivity index (χ2v) is 9.92. The summed E-state index contributed by atoms with van der Waals surface area (Å²) in [6.45, 7) is 9.20. The lowest BCUT2D eigenvalue weighted by Crippen LogP contribution is -2.71. The first-order valence-corrected chi connectivity index (χ1v) is 10.7. The number of hydrogen-bond acceptors (Lipinski definition) is 4. The molecule has 1 unspecified atom stereocenters. The van der Waals surface area contributed by atoms with Gasteiger partial charge in [-0.1, -0.05) is 13.0 Å². The number of aromatic nitrogens is 1. The number of nitrogens with zero attached hydrogens (tertiary/aromatic N) is 3. The number of nitrogens with one attached hydrogen (secondary N) is 1. The first kappa shape index (κ1) is 16.7. The molecule has 4 heteroatoms. The number of hydrogen-bond donors (Lipinski definition) is 1. The van der Waals surface area contributed by atoms with Crippen molar-refractivity contribution in [2.45, 2.75) is 39.2 Å². The molecule has 0 radical (unpaired) electrons. The maximum atomic E-state index is 4.94. The van der Waals surface area contributed by atoms with Crippen LogP contribution in [0, 0.1) is 10.8 Å². The van der Waals surface area contributed by atoms with Gasteiger partial charge in [0, 0.05) is 43.0 Å². The van der Waals surface area contributed by atoms with E-state index in [4.69, 9.17) is 4.99 Å². The fourth-order valence-corrected chi connectivity index (χ4v) is 5.19. The van der Waals surface area contributed by atoms with E-state index >= 15 is 0 Å². The molecule has 1 aliphatic carbocycles. The molecule has 1 aromatic carbocycles. The third-order valence-corrected chi connectivity index (χ3v) is 7.27. The molecule has 144 valence electrons. The summed E-state index contributed by atoms with van der Waals surface area (Å²) in [5, 5.41) is 5.89. The molecular weight excluding hydrogens is 344 g/mol. The lowest BCUT2D eigenvalue weighted by Gasteiger charge is -2.56. The van der Waals surface area contributed by atoms with Gasteiger partial charge in [-0.25, -0.2) is 4.98 Å². The van der Waals surface area contributed by atoms with Crippen LogP contribution in [0.15, 0.2) is 41.5 Å². The van der Waals surface area contributed by atoms with Crippen molar-refractivity contribution in [3.63, 3.8) is 0 Å². The van der Waals surface area contributed by atoms with Crippen LogP contribution in [0.3, 0.4) is 0 Å². The Bertz CT molecular complexity index is 1070. The van der Waals surface area contributed by atoms with E-state index in [0.717, 1.165) is 37.4 Å². The van der Waals surface area contributed by atoms with Crippen molar-refractivity contribution in [2.24, 2.45) is 15.8 Å². The van der Waals surface area contributed by atoms with Gasteiger partial charge in [-0.05, 0) is 72.6 Å². The van der Waals surface area contributed by atoms with Crippen LogP contribution < -0.4 is 20.8 Å². The lowest BCUT2D eigenvalue weighted by molar-refractivity contribution is 0.120. The van der Waals surface area contributed by atoms with Crippen LogP contribution in [0.25, 0.3) is 5.57 Å². The maximum absolute atomic E-state index is 4.94. The zero-order chi connectivity index (χ0) is 18.9. The smallest absolute Gasteiger partial charge is 0.129 e. The van der Waals surface area contributed by atoms with E-state index in [0.29, 0.717) is 10.8 Å². The summed E-state index contributed by atoms with van der Waals surface area (Å²) in [4.78, 5) is 12.0. The third-order valence-electron chi connectivity index (χ3n) is 7.27. The van der Waals surface area contributed by atoms with E-state index in [9.17, 15) is 0 Å². The molecule has 1 spiro atoms. The number of benzene rings is 1. The Kier molecular flexibility index (Phi) is 3.38. The van der Waals surface area contributed by atoms with Gasteiger partial charge in [0.15, 0.2) is 0 Å². The zero-order valence-electron chi connectivity index (χ0n) is 16.8.